The van der Waals surface area contributed by atoms with Gasteiger partial charge in [-0.05, 0) is 31.9 Å². The molecule has 0 saturated heterocycles. The number of nitrogens with zero attached hydrogens (tertiary/aromatic N) is 2. The Morgan fingerprint density at radius 2 is 2.00 bits per heavy atom. The molecule has 23 heavy (non-hydrogen) atoms. The van der Waals surface area contributed by atoms with Crippen LogP contribution in [0.15, 0.2) is 30.5 Å². The van der Waals surface area contributed by atoms with Gasteiger partial charge in [0.2, 0.25) is 5.91 Å². The maximum atomic E-state index is 12.0. The quantitative estimate of drug-likeness (QED) is 0.912. The van der Waals surface area contributed by atoms with Gasteiger partial charge in [-0.25, -0.2) is 4.98 Å². The fourth-order valence-electron chi connectivity index (χ4n) is 2.77. The van der Waals surface area contributed by atoms with Gasteiger partial charge in [-0.2, -0.15) is 0 Å². The van der Waals surface area contributed by atoms with E-state index in [1.165, 1.54) is 18.7 Å². The molecule has 0 aliphatic carbocycles. The number of benzene rings is 1. The molecule has 2 heterocycles. The van der Waals surface area contributed by atoms with Crippen LogP contribution < -0.4 is 11.1 Å². The molecule has 3 rings (SSSR count). The summed E-state index contributed by atoms with van der Waals surface area (Å²) in [5.74, 6) is 0.911. The summed E-state index contributed by atoms with van der Waals surface area (Å²) in [6.45, 7) is 4.74. The number of aromatic nitrogens is 2. The molecule has 1 aromatic carbocycles. The van der Waals surface area contributed by atoms with E-state index in [1.807, 2.05) is 38.1 Å². The Morgan fingerprint density at radius 3 is 2.65 bits per heavy atom. The number of hydrogen-bond acceptors (Lipinski definition) is 3. The van der Waals surface area contributed by atoms with Gasteiger partial charge in [-0.15, -0.1) is 0 Å². The first-order valence-corrected chi connectivity index (χ1v) is 8.27. The largest absolute Gasteiger partial charge is 0.334 e. The molecule has 2 atom stereocenters. The van der Waals surface area contributed by atoms with Crippen molar-refractivity contribution in [2.24, 2.45) is 11.7 Å². The number of rotatable bonds is 4. The zero-order chi connectivity index (χ0) is 16.4. The molecule has 2 aromatic rings. The molecule has 1 aliphatic heterocycles. The van der Waals surface area contributed by atoms with Gasteiger partial charge in [0.15, 0.2) is 0 Å². The van der Waals surface area contributed by atoms with Crippen LogP contribution in [0.2, 0.25) is 0 Å². The molecule has 1 amide bonds. The van der Waals surface area contributed by atoms with E-state index in [4.69, 9.17) is 10.7 Å². The van der Waals surface area contributed by atoms with E-state index in [0.29, 0.717) is 0 Å². The number of aryl methyl sites for hydroxylation is 2. The lowest BCUT2D eigenvalue weighted by atomic mass is 10.0. The van der Waals surface area contributed by atoms with Crippen LogP contribution in [-0.2, 0) is 17.8 Å². The summed E-state index contributed by atoms with van der Waals surface area (Å²) >= 11 is 0. The van der Waals surface area contributed by atoms with Crippen LogP contribution in [0.1, 0.15) is 32.5 Å². The summed E-state index contributed by atoms with van der Waals surface area (Å²) in [7, 11) is 0. The Balaban J connectivity index is 1.72. The third-order valence-electron chi connectivity index (χ3n) is 4.56. The Kier molecular flexibility index (Phi) is 4.48. The van der Waals surface area contributed by atoms with Crippen LogP contribution in [0, 0.1) is 5.92 Å². The van der Waals surface area contributed by atoms with Gasteiger partial charge in [0.1, 0.15) is 5.82 Å². The minimum Gasteiger partial charge on any atom is -0.334 e. The van der Waals surface area contributed by atoms with Crippen molar-refractivity contribution in [3.63, 3.8) is 0 Å². The Labute approximate surface area is 136 Å². The molecule has 3 N–H and O–H groups in total. The second-order valence-corrected chi connectivity index (χ2v) is 6.41. The molecule has 2 unspecified atom stereocenters. The van der Waals surface area contributed by atoms with E-state index in [9.17, 15) is 4.79 Å². The second-order valence-electron chi connectivity index (χ2n) is 6.41. The van der Waals surface area contributed by atoms with Gasteiger partial charge in [-0.3, -0.25) is 4.79 Å². The van der Waals surface area contributed by atoms with Crippen molar-refractivity contribution in [3.05, 3.63) is 36.3 Å². The fraction of sp³-hybridized carbons (Fsp3) is 0.444. The van der Waals surface area contributed by atoms with Gasteiger partial charge in [0.05, 0.1) is 11.6 Å². The first-order chi connectivity index (χ1) is 11.0. The number of amides is 1. The Hall–Kier alpha value is -2.14. The van der Waals surface area contributed by atoms with Gasteiger partial charge in [-0.1, -0.05) is 19.1 Å². The summed E-state index contributed by atoms with van der Waals surface area (Å²) in [5.41, 5.74) is 8.63. The topological polar surface area (TPSA) is 72.9 Å². The highest BCUT2D eigenvalue weighted by molar-refractivity contribution is 5.92. The number of carbonyl (C=O) groups excluding carboxylic acids is 1. The lowest BCUT2D eigenvalue weighted by Crippen LogP contribution is -2.34. The Bertz CT molecular complexity index is 664. The predicted molar refractivity (Wildman–Crippen MR) is 92.0 cm³/mol. The standard InChI is InChI=1S/C18H24N4O/c1-12(13(2)19)18(23)20-15-8-6-14(7-9-15)16-11-22-10-4-3-5-17(22)21-16/h6-9,11-13H,3-5,10,19H2,1-2H3,(H,20,23). The van der Waals surface area contributed by atoms with Gasteiger partial charge >= 0.3 is 0 Å². The summed E-state index contributed by atoms with van der Waals surface area (Å²) in [5, 5.41) is 2.91. The molecule has 5 heteroatoms. The molecule has 0 saturated carbocycles. The van der Waals surface area contributed by atoms with E-state index < -0.39 is 0 Å². The summed E-state index contributed by atoms with van der Waals surface area (Å²) in [6.07, 6.45) is 5.63. The van der Waals surface area contributed by atoms with Gasteiger partial charge in [0, 0.05) is 36.5 Å². The number of nitrogens with one attached hydrogen (secondary N) is 1. The van der Waals surface area contributed by atoms with Crippen molar-refractivity contribution in [3.8, 4) is 11.3 Å². The predicted octanol–water partition coefficient (Wildman–Crippen LogP) is 2.81. The number of imidazole rings is 1. The highest BCUT2D eigenvalue weighted by Crippen LogP contribution is 2.24. The molecule has 0 radical (unpaired) electrons. The third kappa shape index (κ3) is 3.45. The lowest BCUT2D eigenvalue weighted by molar-refractivity contribution is -0.119. The summed E-state index contributed by atoms with van der Waals surface area (Å²) < 4.78 is 2.25. The molecule has 122 valence electrons. The second kappa shape index (κ2) is 6.54. The van der Waals surface area contributed by atoms with Gasteiger partial charge in [0.25, 0.3) is 0 Å². The Morgan fingerprint density at radius 1 is 1.26 bits per heavy atom. The van der Waals surface area contributed by atoms with Crippen molar-refractivity contribution in [1.82, 2.24) is 9.55 Å². The van der Waals surface area contributed by atoms with Crippen molar-refractivity contribution < 1.29 is 4.79 Å². The zero-order valence-electron chi connectivity index (χ0n) is 13.7. The number of anilines is 1. The summed E-state index contributed by atoms with van der Waals surface area (Å²) in [6, 6.07) is 7.67. The molecule has 0 fully saturated rings. The molecule has 1 aliphatic rings. The highest BCUT2D eigenvalue weighted by atomic mass is 16.1. The first-order valence-electron chi connectivity index (χ1n) is 8.27. The van der Waals surface area contributed by atoms with E-state index in [0.717, 1.165) is 29.9 Å². The SMILES string of the molecule is CC(N)C(C)C(=O)Nc1ccc(-c2cn3c(n2)CCCC3)cc1. The van der Waals surface area contributed by atoms with Crippen LogP contribution in [0.5, 0.6) is 0 Å². The molecule has 0 spiro atoms. The average molecular weight is 312 g/mol. The van der Waals surface area contributed by atoms with Crippen LogP contribution >= 0.6 is 0 Å². The van der Waals surface area contributed by atoms with Crippen LogP contribution in [0.3, 0.4) is 0 Å². The van der Waals surface area contributed by atoms with Crippen molar-refractivity contribution in [2.75, 3.05) is 5.32 Å². The molecule has 1 aromatic heterocycles. The molecular weight excluding hydrogens is 288 g/mol. The van der Waals surface area contributed by atoms with Crippen LogP contribution in [0.4, 0.5) is 5.69 Å². The minimum absolute atomic E-state index is 0.0507. The average Bonchev–Trinajstić information content (AvgIpc) is 2.98. The first kappa shape index (κ1) is 15.7. The normalized spacial score (nSPS) is 16.5. The maximum Gasteiger partial charge on any atom is 0.228 e. The molecular formula is C18H24N4O. The molecule has 0 bridgehead atoms. The van der Waals surface area contributed by atoms with Crippen LogP contribution in [-0.4, -0.2) is 21.5 Å². The fourth-order valence-corrected chi connectivity index (χ4v) is 2.77. The third-order valence-corrected chi connectivity index (χ3v) is 4.56. The van der Waals surface area contributed by atoms with Gasteiger partial charge < -0.3 is 15.6 Å². The van der Waals surface area contributed by atoms with Crippen molar-refractivity contribution in [1.29, 1.82) is 0 Å². The van der Waals surface area contributed by atoms with Crippen LogP contribution in [0.25, 0.3) is 11.3 Å². The van der Waals surface area contributed by atoms with E-state index in [1.54, 1.807) is 0 Å². The smallest absolute Gasteiger partial charge is 0.228 e. The monoisotopic (exact) mass is 312 g/mol. The minimum atomic E-state index is -0.213. The van der Waals surface area contributed by atoms with E-state index in [2.05, 4.69) is 16.1 Å². The zero-order valence-corrected chi connectivity index (χ0v) is 13.7. The van der Waals surface area contributed by atoms with E-state index in [-0.39, 0.29) is 17.9 Å². The lowest BCUT2D eigenvalue weighted by Gasteiger charge is -2.15. The number of carbonyl (C=O) groups is 1. The number of fused-ring (bicyclic) bond motifs is 1. The maximum absolute atomic E-state index is 12.0. The number of hydrogen-bond donors (Lipinski definition) is 2. The van der Waals surface area contributed by atoms with E-state index >= 15 is 0 Å². The van der Waals surface area contributed by atoms with Crippen molar-refractivity contribution >= 4 is 11.6 Å². The number of nitrogens with two attached hydrogens (primary N) is 1. The van der Waals surface area contributed by atoms with Crippen molar-refractivity contribution in [2.45, 2.75) is 45.7 Å². The molecule has 5 nitrogen and oxygen atoms in total. The highest BCUT2D eigenvalue weighted by Gasteiger charge is 2.17. The summed E-state index contributed by atoms with van der Waals surface area (Å²) in [4.78, 5) is 16.8.